The van der Waals surface area contributed by atoms with Crippen LogP contribution in [0.25, 0.3) is 0 Å². The van der Waals surface area contributed by atoms with Crippen LogP contribution in [-0.2, 0) is 4.79 Å². The highest BCUT2D eigenvalue weighted by atomic mass is 16.2. The molecular formula is C14H30N2O. The Labute approximate surface area is 107 Å². The predicted molar refractivity (Wildman–Crippen MR) is 73.8 cm³/mol. The van der Waals surface area contributed by atoms with Crippen molar-refractivity contribution in [3.8, 4) is 0 Å². The molecule has 1 unspecified atom stereocenters. The molecule has 0 aliphatic carbocycles. The van der Waals surface area contributed by atoms with E-state index in [4.69, 9.17) is 5.73 Å². The molecule has 2 N–H and O–H groups in total. The molecule has 0 radical (unpaired) electrons. The SMILES string of the molecule is CCCC(C)(N)C(=O)N(CC)CC(CC)CC. The minimum Gasteiger partial charge on any atom is -0.341 e. The minimum atomic E-state index is -0.698. The number of nitrogens with zero attached hydrogens (tertiary/aromatic N) is 1. The van der Waals surface area contributed by atoms with E-state index in [1.54, 1.807) is 0 Å². The molecule has 0 bridgehead atoms. The molecule has 0 aromatic rings. The maximum Gasteiger partial charge on any atom is 0.242 e. The molecule has 0 rings (SSSR count). The van der Waals surface area contributed by atoms with Gasteiger partial charge in [-0.2, -0.15) is 0 Å². The molecule has 1 amide bonds. The summed E-state index contributed by atoms with van der Waals surface area (Å²) in [6.07, 6.45) is 3.94. The predicted octanol–water partition coefficient (Wildman–Crippen LogP) is 2.79. The maximum atomic E-state index is 12.4. The Kier molecular flexibility index (Phi) is 7.44. The van der Waals surface area contributed by atoms with Crippen LogP contribution in [0.4, 0.5) is 0 Å². The lowest BCUT2D eigenvalue weighted by atomic mass is 9.94. The topological polar surface area (TPSA) is 46.3 Å². The van der Waals surface area contributed by atoms with Crippen molar-refractivity contribution in [3.05, 3.63) is 0 Å². The van der Waals surface area contributed by atoms with Gasteiger partial charge in [0, 0.05) is 13.1 Å². The highest BCUT2D eigenvalue weighted by Crippen LogP contribution is 2.16. The summed E-state index contributed by atoms with van der Waals surface area (Å²) in [4.78, 5) is 14.3. The van der Waals surface area contributed by atoms with E-state index in [-0.39, 0.29) is 5.91 Å². The van der Waals surface area contributed by atoms with Gasteiger partial charge in [0.2, 0.25) is 5.91 Å². The Hall–Kier alpha value is -0.570. The number of hydrogen-bond acceptors (Lipinski definition) is 2. The summed E-state index contributed by atoms with van der Waals surface area (Å²) >= 11 is 0. The Bertz CT molecular complexity index is 222. The van der Waals surface area contributed by atoms with E-state index in [1.807, 2.05) is 18.7 Å². The third kappa shape index (κ3) is 5.07. The minimum absolute atomic E-state index is 0.105. The van der Waals surface area contributed by atoms with Crippen LogP contribution in [-0.4, -0.2) is 29.4 Å². The van der Waals surface area contributed by atoms with Gasteiger partial charge in [-0.3, -0.25) is 4.79 Å². The van der Waals surface area contributed by atoms with Crippen LogP contribution in [0, 0.1) is 5.92 Å². The summed E-state index contributed by atoms with van der Waals surface area (Å²) in [6.45, 7) is 11.9. The third-order valence-corrected chi connectivity index (χ3v) is 3.56. The van der Waals surface area contributed by atoms with E-state index < -0.39 is 5.54 Å². The normalized spacial score (nSPS) is 14.8. The number of carbonyl (C=O) groups is 1. The summed E-state index contributed by atoms with van der Waals surface area (Å²) in [7, 11) is 0. The first-order valence-electron chi connectivity index (χ1n) is 7.01. The van der Waals surface area contributed by atoms with Gasteiger partial charge in [-0.1, -0.05) is 40.0 Å². The van der Waals surface area contributed by atoms with Crippen molar-refractivity contribution in [2.24, 2.45) is 11.7 Å². The van der Waals surface area contributed by atoms with Gasteiger partial charge in [-0.15, -0.1) is 0 Å². The molecule has 0 saturated carbocycles. The van der Waals surface area contributed by atoms with Crippen molar-refractivity contribution < 1.29 is 4.79 Å². The van der Waals surface area contributed by atoms with Crippen molar-refractivity contribution >= 4 is 5.91 Å². The Morgan fingerprint density at radius 3 is 2.12 bits per heavy atom. The van der Waals surface area contributed by atoms with E-state index in [0.717, 1.165) is 38.8 Å². The van der Waals surface area contributed by atoms with E-state index in [2.05, 4.69) is 20.8 Å². The van der Waals surface area contributed by atoms with Crippen molar-refractivity contribution in [2.75, 3.05) is 13.1 Å². The molecule has 102 valence electrons. The Morgan fingerprint density at radius 2 is 1.76 bits per heavy atom. The zero-order valence-corrected chi connectivity index (χ0v) is 12.3. The average Bonchev–Trinajstić information content (AvgIpc) is 2.30. The number of hydrogen-bond donors (Lipinski definition) is 1. The molecule has 0 aromatic heterocycles. The van der Waals surface area contributed by atoms with Gasteiger partial charge >= 0.3 is 0 Å². The van der Waals surface area contributed by atoms with E-state index >= 15 is 0 Å². The fourth-order valence-electron chi connectivity index (χ4n) is 2.20. The zero-order chi connectivity index (χ0) is 13.5. The van der Waals surface area contributed by atoms with Crippen LogP contribution in [0.3, 0.4) is 0 Å². The summed E-state index contributed by atoms with van der Waals surface area (Å²) in [5, 5.41) is 0. The van der Waals surface area contributed by atoms with Gasteiger partial charge < -0.3 is 10.6 Å². The van der Waals surface area contributed by atoms with Crippen molar-refractivity contribution in [2.45, 2.75) is 65.8 Å². The van der Waals surface area contributed by atoms with Gasteiger partial charge in [0.15, 0.2) is 0 Å². The van der Waals surface area contributed by atoms with E-state index in [0.29, 0.717) is 5.92 Å². The van der Waals surface area contributed by atoms with Crippen LogP contribution in [0.2, 0.25) is 0 Å². The Balaban J connectivity index is 4.59. The molecule has 0 aromatic carbocycles. The standard InChI is InChI=1S/C14H30N2O/c1-6-10-14(5,15)13(17)16(9-4)11-12(7-2)8-3/h12H,6-11,15H2,1-5H3. The maximum absolute atomic E-state index is 12.4. The number of carbonyl (C=O) groups excluding carboxylic acids is 1. The molecule has 0 spiro atoms. The van der Waals surface area contributed by atoms with Crippen LogP contribution < -0.4 is 5.73 Å². The summed E-state index contributed by atoms with van der Waals surface area (Å²) < 4.78 is 0. The summed E-state index contributed by atoms with van der Waals surface area (Å²) in [6, 6.07) is 0. The lowest BCUT2D eigenvalue weighted by Crippen LogP contribution is -2.54. The monoisotopic (exact) mass is 242 g/mol. The van der Waals surface area contributed by atoms with Gasteiger partial charge in [0.1, 0.15) is 0 Å². The molecule has 0 saturated heterocycles. The molecular weight excluding hydrogens is 212 g/mol. The van der Waals surface area contributed by atoms with Crippen LogP contribution >= 0.6 is 0 Å². The number of likely N-dealkylation sites (N-methyl/N-ethyl adjacent to an activating group) is 1. The molecule has 1 atom stereocenters. The summed E-state index contributed by atoms with van der Waals surface area (Å²) in [5.41, 5.74) is 5.42. The second-order valence-corrected chi connectivity index (χ2v) is 5.19. The third-order valence-electron chi connectivity index (χ3n) is 3.56. The van der Waals surface area contributed by atoms with Gasteiger partial charge in [0.25, 0.3) is 0 Å². The van der Waals surface area contributed by atoms with Gasteiger partial charge in [-0.05, 0) is 26.2 Å². The molecule has 0 aliphatic heterocycles. The lowest BCUT2D eigenvalue weighted by Gasteiger charge is -2.33. The van der Waals surface area contributed by atoms with Crippen LogP contribution in [0.15, 0.2) is 0 Å². The fourth-order valence-corrected chi connectivity index (χ4v) is 2.20. The highest BCUT2D eigenvalue weighted by molar-refractivity contribution is 5.85. The van der Waals surface area contributed by atoms with Crippen molar-refractivity contribution in [3.63, 3.8) is 0 Å². The first kappa shape index (κ1) is 16.4. The van der Waals surface area contributed by atoms with E-state index in [1.165, 1.54) is 0 Å². The second-order valence-electron chi connectivity index (χ2n) is 5.19. The smallest absolute Gasteiger partial charge is 0.242 e. The molecule has 3 nitrogen and oxygen atoms in total. The largest absolute Gasteiger partial charge is 0.341 e. The first-order valence-corrected chi connectivity index (χ1v) is 7.01. The molecule has 0 fully saturated rings. The first-order chi connectivity index (χ1) is 7.92. The van der Waals surface area contributed by atoms with Crippen LogP contribution in [0.5, 0.6) is 0 Å². The molecule has 0 heterocycles. The summed E-state index contributed by atoms with van der Waals surface area (Å²) in [5.74, 6) is 0.699. The second kappa shape index (κ2) is 7.70. The van der Waals surface area contributed by atoms with E-state index in [9.17, 15) is 4.79 Å². The molecule has 17 heavy (non-hydrogen) atoms. The van der Waals surface area contributed by atoms with Gasteiger partial charge in [0.05, 0.1) is 5.54 Å². The number of rotatable bonds is 8. The molecule has 3 heteroatoms. The highest BCUT2D eigenvalue weighted by Gasteiger charge is 2.31. The average molecular weight is 242 g/mol. The Morgan fingerprint density at radius 1 is 1.24 bits per heavy atom. The lowest BCUT2D eigenvalue weighted by molar-refractivity contribution is -0.137. The molecule has 0 aliphatic rings. The number of amides is 1. The quantitative estimate of drug-likeness (QED) is 0.711. The van der Waals surface area contributed by atoms with Gasteiger partial charge in [-0.25, -0.2) is 0 Å². The van der Waals surface area contributed by atoms with Crippen LogP contribution in [0.1, 0.15) is 60.3 Å². The zero-order valence-electron chi connectivity index (χ0n) is 12.3. The van der Waals surface area contributed by atoms with Crippen molar-refractivity contribution in [1.29, 1.82) is 0 Å². The fraction of sp³-hybridized carbons (Fsp3) is 0.929. The van der Waals surface area contributed by atoms with Crippen molar-refractivity contribution in [1.82, 2.24) is 4.90 Å². The number of nitrogens with two attached hydrogens (primary N) is 1.